The fourth-order valence-corrected chi connectivity index (χ4v) is 4.67. The van der Waals surface area contributed by atoms with Crippen molar-refractivity contribution in [3.8, 4) is 11.1 Å². The van der Waals surface area contributed by atoms with Crippen LogP contribution in [0.15, 0.2) is 84.9 Å². The molecule has 0 radical (unpaired) electrons. The van der Waals surface area contributed by atoms with Crippen molar-refractivity contribution in [2.75, 3.05) is 5.32 Å². The molecule has 0 aliphatic heterocycles. The molecule has 0 aromatic heterocycles. The summed E-state index contributed by atoms with van der Waals surface area (Å²) < 4.78 is 5.49. The van der Waals surface area contributed by atoms with Crippen LogP contribution >= 0.6 is 11.6 Å². The first kappa shape index (κ1) is 23.3. The van der Waals surface area contributed by atoms with Crippen molar-refractivity contribution < 1.29 is 24.2 Å². The fourth-order valence-electron chi connectivity index (χ4n) is 4.42. The van der Waals surface area contributed by atoms with Crippen molar-refractivity contribution in [3.63, 3.8) is 0 Å². The average Bonchev–Trinajstić information content (AvgIpc) is 3.27. The van der Waals surface area contributed by atoms with Gasteiger partial charge in [-0.05, 0) is 46.4 Å². The molecule has 6 nitrogen and oxygen atoms in total. The van der Waals surface area contributed by atoms with Gasteiger partial charge in [-0.3, -0.25) is 10.1 Å². The SMILES string of the molecule is O=C(Nc1cc(C(=O)O)c(Cl)cc1C(=O)c1ccccc1)OCc1cccc2c1Cc1ccccc1-2. The predicted molar refractivity (Wildman–Crippen MR) is 137 cm³/mol. The number of halogens is 1. The largest absolute Gasteiger partial charge is 0.478 e. The van der Waals surface area contributed by atoms with Crippen LogP contribution in [0.5, 0.6) is 0 Å². The zero-order valence-electron chi connectivity index (χ0n) is 19.0. The maximum atomic E-state index is 13.1. The molecule has 0 unspecified atom stereocenters. The highest BCUT2D eigenvalue weighted by atomic mass is 35.5. The Balaban J connectivity index is 1.38. The van der Waals surface area contributed by atoms with E-state index >= 15 is 0 Å². The van der Waals surface area contributed by atoms with Crippen molar-refractivity contribution >= 4 is 35.1 Å². The third kappa shape index (κ3) is 4.46. The third-order valence-electron chi connectivity index (χ3n) is 6.16. The molecule has 0 saturated heterocycles. The van der Waals surface area contributed by atoms with Gasteiger partial charge in [-0.2, -0.15) is 0 Å². The van der Waals surface area contributed by atoms with Gasteiger partial charge in [0.2, 0.25) is 0 Å². The number of carboxylic acid groups (broad SMARTS) is 1. The molecule has 0 spiro atoms. The lowest BCUT2D eigenvalue weighted by atomic mass is 9.99. The zero-order chi connectivity index (χ0) is 25.2. The van der Waals surface area contributed by atoms with Crippen LogP contribution in [0.2, 0.25) is 5.02 Å². The van der Waals surface area contributed by atoms with Gasteiger partial charge in [0, 0.05) is 11.1 Å². The van der Waals surface area contributed by atoms with Gasteiger partial charge in [-0.25, -0.2) is 9.59 Å². The van der Waals surface area contributed by atoms with E-state index in [1.807, 2.05) is 30.3 Å². The van der Waals surface area contributed by atoms with Crippen LogP contribution in [0.3, 0.4) is 0 Å². The Bertz CT molecular complexity index is 1510. The van der Waals surface area contributed by atoms with Crippen LogP contribution in [0.1, 0.15) is 43.0 Å². The number of carbonyl (C=O) groups is 3. The number of carbonyl (C=O) groups excluding carboxylic acids is 2. The van der Waals surface area contributed by atoms with E-state index in [1.165, 1.54) is 23.3 Å². The average molecular weight is 498 g/mol. The first-order valence-electron chi connectivity index (χ1n) is 11.2. The number of hydrogen-bond acceptors (Lipinski definition) is 4. The first-order valence-corrected chi connectivity index (χ1v) is 11.6. The first-order chi connectivity index (χ1) is 17.4. The molecule has 1 aliphatic carbocycles. The number of ether oxygens (including phenoxy) is 1. The van der Waals surface area contributed by atoms with Crippen LogP contribution < -0.4 is 5.32 Å². The Labute approximate surface area is 212 Å². The minimum absolute atomic E-state index is 0.00125. The van der Waals surface area contributed by atoms with Crippen LogP contribution in [-0.4, -0.2) is 23.0 Å². The van der Waals surface area contributed by atoms with Gasteiger partial charge in [-0.1, -0.05) is 84.4 Å². The second-order valence-corrected chi connectivity index (χ2v) is 8.76. The van der Waals surface area contributed by atoms with Gasteiger partial charge >= 0.3 is 12.1 Å². The number of amides is 1. The van der Waals surface area contributed by atoms with Crippen molar-refractivity contribution in [2.45, 2.75) is 13.0 Å². The summed E-state index contributed by atoms with van der Waals surface area (Å²) in [5.41, 5.74) is 5.67. The molecule has 1 amide bonds. The highest BCUT2D eigenvalue weighted by Crippen LogP contribution is 2.38. The normalized spacial score (nSPS) is 11.4. The Kier molecular flexibility index (Phi) is 6.27. The molecule has 5 rings (SSSR count). The number of hydrogen-bond donors (Lipinski definition) is 2. The molecule has 0 atom stereocenters. The standard InChI is InChI=1S/C29H20ClNO5/c30-25-14-24(27(32)17-7-2-1-3-8-17)26(15-23(25)28(33)34)31-29(35)36-16-19-10-6-12-21-20-11-5-4-9-18(20)13-22(19)21/h1-12,14-15H,13,16H2,(H,31,35)(H,33,34). The second kappa shape index (κ2) is 9.68. The molecule has 1 aliphatic rings. The Hall–Kier alpha value is -4.42. The number of rotatable bonds is 6. The number of carboxylic acids is 1. The molecule has 4 aromatic carbocycles. The summed E-state index contributed by atoms with van der Waals surface area (Å²) in [4.78, 5) is 37.5. The summed E-state index contributed by atoms with van der Waals surface area (Å²) in [6.07, 6.45) is -0.0643. The number of aromatic carboxylic acids is 1. The maximum absolute atomic E-state index is 13.1. The van der Waals surface area contributed by atoms with Gasteiger partial charge in [-0.15, -0.1) is 0 Å². The maximum Gasteiger partial charge on any atom is 0.411 e. The summed E-state index contributed by atoms with van der Waals surface area (Å²) in [6, 6.07) is 24.9. The minimum Gasteiger partial charge on any atom is -0.478 e. The van der Waals surface area contributed by atoms with E-state index in [-0.39, 0.29) is 28.4 Å². The van der Waals surface area contributed by atoms with E-state index in [1.54, 1.807) is 30.3 Å². The summed E-state index contributed by atoms with van der Waals surface area (Å²) >= 11 is 6.12. The Morgan fingerprint density at radius 1 is 0.861 bits per heavy atom. The molecule has 178 valence electrons. The molecular weight excluding hydrogens is 478 g/mol. The topological polar surface area (TPSA) is 92.7 Å². The van der Waals surface area contributed by atoms with Crippen LogP contribution in [0, 0.1) is 0 Å². The van der Waals surface area contributed by atoms with Crippen LogP contribution in [0.4, 0.5) is 10.5 Å². The van der Waals surface area contributed by atoms with Gasteiger partial charge < -0.3 is 9.84 Å². The van der Waals surface area contributed by atoms with E-state index in [9.17, 15) is 19.5 Å². The zero-order valence-corrected chi connectivity index (χ0v) is 19.7. The molecular formula is C29H20ClNO5. The van der Waals surface area contributed by atoms with Crippen molar-refractivity contribution in [3.05, 3.63) is 123 Å². The van der Waals surface area contributed by atoms with E-state index in [4.69, 9.17) is 16.3 Å². The number of nitrogens with one attached hydrogen (secondary N) is 1. The van der Waals surface area contributed by atoms with Crippen molar-refractivity contribution in [2.24, 2.45) is 0 Å². The Morgan fingerprint density at radius 3 is 2.36 bits per heavy atom. The molecule has 0 fully saturated rings. The quantitative estimate of drug-likeness (QED) is 0.258. The molecule has 36 heavy (non-hydrogen) atoms. The summed E-state index contributed by atoms with van der Waals surface area (Å²) in [7, 11) is 0. The smallest absolute Gasteiger partial charge is 0.411 e. The van der Waals surface area contributed by atoms with Crippen LogP contribution in [0.25, 0.3) is 11.1 Å². The van der Waals surface area contributed by atoms with Crippen molar-refractivity contribution in [1.29, 1.82) is 0 Å². The molecule has 0 saturated carbocycles. The fraction of sp³-hybridized carbons (Fsp3) is 0.0690. The lowest BCUT2D eigenvalue weighted by Crippen LogP contribution is -2.17. The highest BCUT2D eigenvalue weighted by Gasteiger charge is 2.23. The van der Waals surface area contributed by atoms with E-state index in [0.717, 1.165) is 23.1 Å². The summed E-state index contributed by atoms with van der Waals surface area (Å²) in [5, 5.41) is 11.9. The molecule has 0 heterocycles. The lowest BCUT2D eigenvalue weighted by Gasteiger charge is -2.14. The number of anilines is 1. The monoisotopic (exact) mass is 497 g/mol. The Morgan fingerprint density at radius 2 is 1.58 bits per heavy atom. The third-order valence-corrected chi connectivity index (χ3v) is 6.47. The van der Waals surface area contributed by atoms with Gasteiger partial charge in [0.15, 0.2) is 5.78 Å². The predicted octanol–water partition coefficient (Wildman–Crippen LogP) is 6.59. The van der Waals surface area contributed by atoms with Gasteiger partial charge in [0.05, 0.1) is 16.3 Å². The molecule has 2 N–H and O–H groups in total. The molecule has 7 heteroatoms. The minimum atomic E-state index is -1.28. The lowest BCUT2D eigenvalue weighted by molar-refractivity contribution is 0.0696. The van der Waals surface area contributed by atoms with E-state index in [0.29, 0.717) is 5.56 Å². The summed E-state index contributed by atoms with van der Waals surface area (Å²) in [6.45, 7) is 0.0182. The number of ketones is 1. The van der Waals surface area contributed by atoms with Gasteiger partial charge in [0.25, 0.3) is 0 Å². The molecule has 4 aromatic rings. The van der Waals surface area contributed by atoms with Crippen molar-refractivity contribution in [1.82, 2.24) is 0 Å². The van der Waals surface area contributed by atoms with Gasteiger partial charge in [0.1, 0.15) is 6.61 Å². The number of benzene rings is 4. The second-order valence-electron chi connectivity index (χ2n) is 8.36. The highest BCUT2D eigenvalue weighted by molar-refractivity contribution is 6.34. The summed E-state index contributed by atoms with van der Waals surface area (Å²) in [5.74, 6) is -1.70. The molecule has 0 bridgehead atoms. The van der Waals surface area contributed by atoms with E-state index < -0.39 is 17.8 Å². The number of fused-ring (bicyclic) bond motifs is 3. The van der Waals surface area contributed by atoms with Crippen LogP contribution in [-0.2, 0) is 17.8 Å². The van der Waals surface area contributed by atoms with E-state index in [2.05, 4.69) is 17.4 Å².